The van der Waals surface area contributed by atoms with E-state index in [0.717, 1.165) is 18.4 Å². The topological polar surface area (TPSA) is 15.3 Å². The van der Waals surface area contributed by atoms with Gasteiger partial charge in [-0.15, -0.1) is 0 Å². The molecule has 2 unspecified atom stereocenters. The van der Waals surface area contributed by atoms with Crippen LogP contribution in [0.1, 0.15) is 73.6 Å². The van der Waals surface area contributed by atoms with Gasteiger partial charge in [-0.1, -0.05) is 41.5 Å². The summed E-state index contributed by atoms with van der Waals surface area (Å²) in [4.78, 5) is 2.72. The van der Waals surface area contributed by atoms with Crippen molar-refractivity contribution in [3.8, 4) is 0 Å². The van der Waals surface area contributed by atoms with E-state index in [4.69, 9.17) is 0 Å². The van der Waals surface area contributed by atoms with E-state index in [0.29, 0.717) is 11.5 Å². The quantitative estimate of drug-likeness (QED) is 0.741. The van der Waals surface area contributed by atoms with Crippen molar-refractivity contribution in [2.75, 3.05) is 26.2 Å². The lowest BCUT2D eigenvalue weighted by Crippen LogP contribution is -2.43. The minimum absolute atomic E-state index is 0.363. The summed E-state index contributed by atoms with van der Waals surface area (Å²) in [5.41, 5.74) is 0.363. The van der Waals surface area contributed by atoms with Gasteiger partial charge in [0.25, 0.3) is 0 Å². The van der Waals surface area contributed by atoms with Gasteiger partial charge in [-0.2, -0.15) is 0 Å². The monoisotopic (exact) mass is 296 g/mol. The van der Waals surface area contributed by atoms with E-state index >= 15 is 0 Å². The normalized spacial score (nSPS) is 23.3. The molecule has 1 aliphatic rings. The number of nitrogens with one attached hydrogen (secondary N) is 1. The summed E-state index contributed by atoms with van der Waals surface area (Å²) in [5, 5.41) is 3.76. The Balaban J connectivity index is 2.41. The molecule has 1 fully saturated rings. The van der Waals surface area contributed by atoms with Gasteiger partial charge in [0.15, 0.2) is 0 Å². The molecular weight excluding hydrogens is 256 g/mol. The van der Waals surface area contributed by atoms with Crippen LogP contribution in [0.25, 0.3) is 0 Å². The molecule has 2 heteroatoms. The second-order valence-corrected chi connectivity index (χ2v) is 8.44. The van der Waals surface area contributed by atoms with Crippen LogP contribution in [0.2, 0.25) is 0 Å². The van der Waals surface area contributed by atoms with Gasteiger partial charge in [-0.3, -0.25) is 0 Å². The third kappa shape index (κ3) is 7.15. The first-order valence-corrected chi connectivity index (χ1v) is 9.30. The molecule has 1 N–H and O–H groups in total. The van der Waals surface area contributed by atoms with Gasteiger partial charge in [0, 0.05) is 6.04 Å². The number of rotatable bonds is 7. The highest BCUT2D eigenvalue weighted by Crippen LogP contribution is 2.26. The standard InChI is InChI=1S/C19H40N2/c1-7-12-20-18(19(4,5)6)11-15-21-13-8-9-17(10-14-21)16(2)3/h16-18,20H,7-15H2,1-6H3. The third-order valence-corrected chi connectivity index (χ3v) is 5.23. The third-order valence-electron chi connectivity index (χ3n) is 5.23. The lowest BCUT2D eigenvalue weighted by atomic mass is 9.84. The van der Waals surface area contributed by atoms with E-state index < -0.39 is 0 Å². The summed E-state index contributed by atoms with van der Waals surface area (Å²) in [6.45, 7) is 19.2. The van der Waals surface area contributed by atoms with Gasteiger partial charge < -0.3 is 10.2 Å². The molecule has 0 radical (unpaired) electrons. The molecule has 1 heterocycles. The molecule has 1 rings (SSSR count). The Morgan fingerprint density at radius 2 is 1.86 bits per heavy atom. The van der Waals surface area contributed by atoms with Crippen LogP contribution in [0.15, 0.2) is 0 Å². The summed E-state index contributed by atoms with van der Waals surface area (Å²) in [6, 6.07) is 0.640. The van der Waals surface area contributed by atoms with Crippen molar-refractivity contribution < 1.29 is 0 Å². The van der Waals surface area contributed by atoms with Crippen LogP contribution in [-0.4, -0.2) is 37.1 Å². The summed E-state index contributed by atoms with van der Waals surface area (Å²) >= 11 is 0. The van der Waals surface area contributed by atoms with Gasteiger partial charge in [0.2, 0.25) is 0 Å². The summed E-state index contributed by atoms with van der Waals surface area (Å²) < 4.78 is 0. The predicted molar refractivity (Wildman–Crippen MR) is 94.8 cm³/mol. The first-order valence-electron chi connectivity index (χ1n) is 9.30. The average molecular weight is 297 g/mol. The lowest BCUT2D eigenvalue weighted by molar-refractivity contribution is 0.205. The Hall–Kier alpha value is -0.0800. The molecule has 1 aliphatic heterocycles. The molecule has 0 bridgehead atoms. The van der Waals surface area contributed by atoms with E-state index in [9.17, 15) is 0 Å². The Morgan fingerprint density at radius 1 is 1.14 bits per heavy atom. The molecule has 2 nitrogen and oxygen atoms in total. The van der Waals surface area contributed by atoms with Crippen LogP contribution in [0.4, 0.5) is 0 Å². The Bertz CT molecular complexity index is 267. The maximum atomic E-state index is 3.76. The molecule has 0 spiro atoms. The number of hydrogen-bond acceptors (Lipinski definition) is 2. The molecule has 21 heavy (non-hydrogen) atoms. The van der Waals surface area contributed by atoms with Crippen LogP contribution in [-0.2, 0) is 0 Å². The van der Waals surface area contributed by atoms with E-state index in [2.05, 4.69) is 51.8 Å². The summed E-state index contributed by atoms with van der Waals surface area (Å²) in [6.07, 6.45) is 6.75. The second kappa shape index (κ2) is 9.15. The van der Waals surface area contributed by atoms with Crippen LogP contribution >= 0.6 is 0 Å². The SMILES string of the molecule is CCCNC(CCN1CCCC(C(C)C)CC1)C(C)(C)C. The van der Waals surface area contributed by atoms with Gasteiger partial charge in [-0.05, 0) is 75.5 Å². The zero-order valence-electron chi connectivity index (χ0n) is 15.5. The molecule has 1 saturated heterocycles. The van der Waals surface area contributed by atoms with Crippen LogP contribution in [0, 0.1) is 17.3 Å². The van der Waals surface area contributed by atoms with Gasteiger partial charge in [0.1, 0.15) is 0 Å². The highest BCUT2D eigenvalue weighted by molar-refractivity contribution is 4.82. The fourth-order valence-corrected chi connectivity index (χ4v) is 3.54. The molecule has 0 aromatic rings. The smallest absolute Gasteiger partial charge is 0.0128 e. The molecule has 0 aliphatic carbocycles. The van der Waals surface area contributed by atoms with Gasteiger partial charge in [0.05, 0.1) is 0 Å². The highest BCUT2D eigenvalue weighted by Gasteiger charge is 2.25. The minimum Gasteiger partial charge on any atom is -0.313 e. The minimum atomic E-state index is 0.363. The van der Waals surface area contributed by atoms with Crippen molar-refractivity contribution in [1.29, 1.82) is 0 Å². The maximum absolute atomic E-state index is 3.76. The van der Waals surface area contributed by atoms with E-state index in [-0.39, 0.29) is 0 Å². The van der Waals surface area contributed by atoms with Crippen molar-refractivity contribution in [3.05, 3.63) is 0 Å². The Morgan fingerprint density at radius 3 is 2.43 bits per heavy atom. The fourth-order valence-electron chi connectivity index (χ4n) is 3.54. The molecular formula is C19H40N2. The predicted octanol–water partition coefficient (Wildman–Crippen LogP) is 4.55. The Kier molecular flexibility index (Phi) is 8.26. The number of nitrogens with zero attached hydrogens (tertiary/aromatic N) is 1. The van der Waals surface area contributed by atoms with Crippen LogP contribution < -0.4 is 5.32 Å². The van der Waals surface area contributed by atoms with Gasteiger partial charge >= 0.3 is 0 Å². The maximum Gasteiger partial charge on any atom is 0.0128 e. The van der Waals surface area contributed by atoms with E-state index in [1.807, 2.05) is 0 Å². The average Bonchev–Trinajstić information content (AvgIpc) is 2.62. The molecule has 0 aromatic carbocycles. The molecule has 126 valence electrons. The van der Waals surface area contributed by atoms with Gasteiger partial charge in [-0.25, -0.2) is 0 Å². The number of likely N-dealkylation sites (tertiary alicyclic amines) is 1. The van der Waals surface area contributed by atoms with Crippen molar-refractivity contribution in [2.45, 2.75) is 79.7 Å². The largest absolute Gasteiger partial charge is 0.313 e. The van der Waals surface area contributed by atoms with Crippen molar-refractivity contribution in [2.24, 2.45) is 17.3 Å². The van der Waals surface area contributed by atoms with E-state index in [1.165, 1.54) is 51.7 Å². The highest BCUT2D eigenvalue weighted by atomic mass is 15.1. The lowest BCUT2D eigenvalue weighted by Gasteiger charge is -2.33. The Labute approximate surface area is 134 Å². The van der Waals surface area contributed by atoms with Crippen molar-refractivity contribution >= 4 is 0 Å². The summed E-state index contributed by atoms with van der Waals surface area (Å²) in [7, 11) is 0. The second-order valence-electron chi connectivity index (χ2n) is 8.44. The first kappa shape index (κ1) is 19.0. The first-order chi connectivity index (χ1) is 9.84. The van der Waals surface area contributed by atoms with Crippen LogP contribution in [0.3, 0.4) is 0 Å². The molecule has 0 amide bonds. The zero-order valence-corrected chi connectivity index (χ0v) is 15.5. The zero-order chi connectivity index (χ0) is 15.9. The molecule has 0 aromatic heterocycles. The molecule has 2 atom stereocenters. The summed E-state index contributed by atoms with van der Waals surface area (Å²) in [5.74, 6) is 1.81. The molecule has 0 saturated carbocycles. The van der Waals surface area contributed by atoms with Crippen LogP contribution in [0.5, 0.6) is 0 Å². The van der Waals surface area contributed by atoms with Crippen molar-refractivity contribution in [3.63, 3.8) is 0 Å². The van der Waals surface area contributed by atoms with Crippen molar-refractivity contribution in [1.82, 2.24) is 10.2 Å². The van der Waals surface area contributed by atoms with E-state index in [1.54, 1.807) is 0 Å². The number of hydrogen-bond donors (Lipinski definition) is 1. The fraction of sp³-hybridized carbons (Fsp3) is 1.00.